The Morgan fingerprint density at radius 1 is 1.04 bits per heavy atom. The van der Waals surface area contributed by atoms with Crippen molar-refractivity contribution in [1.29, 1.82) is 0 Å². The maximum atomic E-state index is 15.9. The molecule has 1 amide bonds. The molecule has 0 radical (unpaired) electrons. The Kier molecular flexibility index (Phi) is 9.49. The first-order valence-corrected chi connectivity index (χ1v) is 16.1. The average Bonchev–Trinajstić information content (AvgIpc) is 3.02. The molecule has 0 unspecified atom stereocenters. The lowest BCUT2D eigenvalue weighted by Gasteiger charge is -2.34. The third-order valence-corrected chi connectivity index (χ3v) is 9.32. The summed E-state index contributed by atoms with van der Waals surface area (Å²) in [5, 5.41) is 12.3. The zero-order valence-electron chi connectivity index (χ0n) is 26.8. The number of nitrogens with zero attached hydrogens (tertiary/aromatic N) is 2. The van der Waals surface area contributed by atoms with Crippen molar-refractivity contribution in [1.82, 2.24) is 14.8 Å². The number of halogens is 6. The number of carbonyl (C=O) groups excluding carboxylic acids is 1. The van der Waals surface area contributed by atoms with E-state index in [1.54, 1.807) is 23.1 Å². The maximum absolute atomic E-state index is 15.9. The lowest BCUT2D eigenvalue weighted by molar-refractivity contribution is -0.139. The molecule has 1 saturated heterocycles. The van der Waals surface area contributed by atoms with Gasteiger partial charge < -0.3 is 15.2 Å². The van der Waals surface area contributed by atoms with Gasteiger partial charge >= 0.3 is 12.1 Å². The molecule has 0 saturated carbocycles. The zero-order valence-corrected chi connectivity index (χ0v) is 27.5. The van der Waals surface area contributed by atoms with E-state index in [2.05, 4.69) is 5.32 Å². The molecular weight excluding hydrogens is 685 g/mol. The highest BCUT2D eigenvalue weighted by Crippen LogP contribution is 2.41. The largest absolute Gasteiger partial charge is 0.481 e. The Hall–Kier alpha value is -4.75. The van der Waals surface area contributed by atoms with E-state index >= 15 is 4.39 Å². The van der Waals surface area contributed by atoms with Crippen LogP contribution in [-0.2, 0) is 22.2 Å². The second kappa shape index (κ2) is 13.5. The van der Waals surface area contributed by atoms with Crippen LogP contribution in [0.5, 0.6) is 11.5 Å². The maximum Gasteiger partial charge on any atom is 0.416 e. The molecule has 14 heteroatoms. The molecule has 3 heterocycles. The van der Waals surface area contributed by atoms with Gasteiger partial charge in [0.15, 0.2) is 0 Å². The fraction of sp³-hybridized carbons (Fsp3) is 0.306. The standard InChI is InChI=1S/C36H31ClF5N3O5/c1-18-4-3-5-29-32(18)21-10-19(2)33(39)25(11-21)28(14-31(47)48)43-35(49)34(24-12-23(50-29)6-7-27(24)37)45-15-20(8-9-44-16-22(38)17-44)26(13-30(45)46)36(40,41)42/h3-7,10-13,15,22,28,34H,8-9,14,16-17H2,1-2H3,(H,43,49)(H,47,48)/t28-,34-/m1/s1. The van der Waals surface area contributed by atoms with Crippen molar-refractivity contribution in [2.24, 2.45) is 0 Å². The number of hydrogen-bond acceptors (Lipinski definition) is 5. The number of amides is 1. The fourth-order valence-corrected chi connectivity index (χ4v) is 6.74. The summed E-state index contributed by atoms with van der Waals surface area (Å²) in [6.07, 6.45) is -6.11. The molecule has 8 nitrogen and oxygen atoms in total. The Morgan fingerprint density at radius 3 is 2.46 bits per heavy atom. The van der Waals surface area contributed by atoms with Crippen LogP contribution in [0.15, 0.2) is 65.6 Å². The smallest absolute Gasteiger partial charge is 0.416 e. The zero-order chi connectivity index (χ0) is 36.1. The van der Waals surface area contributed by atoms with E-state index in [0.29, 0.717) is 22.9 Å². The van der Waals surface area contributed by atoms with Gasteiger partial charge in [-0.05, 0) is 78.9 Å². The number of carboxylic acid groups (broad SMARTS) is 1. The minimum absolute atomic E-state index is 0.0524. The van der Waals surface area contributed by atoms with Gasteiger partial charge in [0.1, 0.15) is 29.5 Å². The van der Waals surface area contributed by atoms with Crippen LogP contribution >= 0.6 is 11.6 Å². The molecule has 2 atom stereocenters. The van der Waals surface area contributed by atoms with Crippen LogP contribution < -0.4 is 15.6 Å². The predicted molar refractivity (Wildman–Crippen MR) is 175 cm³/mol. The summed E-state index contributed by atoms with van der Waals surface area (Å²) in [6, 6.07) is 9.61. The van der Waals surface area contributed by atoms with E-state index in [9.17, 15) is 37.1 Å². The van der Waals surface area contributed by atoms with Gasteiger partial charge in [0.25, 0.3) is 5.56 Å². The van der Waals surface area contributed by atoms with Gasteiger partial charge in [-0.25, -0.2) is 8.78 Å². The van der Waals surface area contributed by atoms with Crippen LogP contribution in [0.2, 0.25) is 5.02 Å². The minimum Gasteiger partial charge on any atom is -0.481 e. The summed E-state index contributed by atoms with van der Waals surface area (Å²) in [6.45, 7) is 3.46. The molecule has 4 aromatic rings. The van der Waals surface area contributed by atoms with Crippen LogP contribution in [-0.4, -0.2) is 52.3 Å². The molecule has 2 aliphatic heterocycles. The number of rotatable bonds is 6. The Morgan fingerprint density at radius 2 is 1.78 bits per heavy atom. The Bertz CT molecular complexity index is 2060. The topological polar surface area (TPSA) is 101 Å². The quantitative estimate of drug-likeness (QED) is 0.206. The third kappa shape index (κ3) is 6.97. The van der Waals surface area contributed by atoms with Crippen molar-refractivity contribution < 1.29 is 41.4 Å². The fourth-order valence-electron chi connectivity index (χ4n) is 6.52. The lowest BCUT2D eigenvalue weighted by atomic mass is 9.92. The first-order chi connectivity index (χ1) is 23.6. The summed E-state index contributed by atoms with van der Waals surface area (Å²) < 4.78 is 79.0. The Balaban J connectivity index is 1.58. The number of carboxylic acids is 1. The minimum atomic E-state index is -4.93. The number of fused-ring (bicyclic) bond motifs is 6. The summed E-state index contributed by atoms with van der Waals surface area (Å²) in [4.78, 5) is 41.7. The van der Waals surface area contributed by atoms with Crippen LogP contribution in [0.3, 0.4) is 0 Å². The molecule has 1 fully saturated rings. The molecule has 0 aliphatic carbocycles. The van der Waals surface area contributed by atoms with Crippen LogP contribution in [0.25, 0.3) is 11.1 Å². The SMILES string of the molecule is Cc1cc2cc(c1F)[C@@H](CC(=O)O)NC(=O)[C@H](n1cc(CCN3CC(F)C3)c(C(F)(F)F)cc1=O)c1cc(ccc1Cl)Oc1cccc(C)c1-2. The number of aromatic nitrogens is 1. The number of nitrogens with one attached hydrogen (secondary N) is 1. The molecule has 2 N–H and O–H groups in total. The molecule has 0 spiro atoms. The summed E-state index contributed by atoms with van der Waals surface area (Å²) >= 11 is 6.63. The highest BCUT2D eigenvalue weighted by Gasteiger charge is 2.37. The van der Waals surface area contributed by atoms with E-state index in [4.69, 9.17) is 16.3 Å². The van der Waals surface area contributed by atoms with Gasteiger partial charge in [0.2, 0.25) is 5.91 Å². The highest BCUT2D eigenvalue weighted by atomic mass is 35.5. The van der Waals surface area contributed by atoms with Gasteiger partial charge in [0, 0.05) is 53.6 Å². The predicted octanol–water partition coefficient (Wildman–Crippen LogP) is 7.17. The van der Waals surface area contributed by atoms with Crippen molar-refractivity contribution in [2.75, 3.05) is 19.6 Å². The number of likely N-dealkylation sites (tertiary alicyclic amines) is 1. The average molecular weight is 716 g/mol. The second-order valence-corrected chi connectivity index (χ2v) is 13.0. The number of hydrogen-bond donors (Lipinski definition) is 2. The first kappa shape index (κ1) is 35.1. The number of carbonyl (C=O) groups is 2. The van der Waals surface area contributed by atoms with E-state index in [1.165, 1.54) is 31.2 Å². The van der Waals surface area contributed by atoms with Crippen LogP contribution in [0.1, 0.15) is 51.9 Å². The number of pyridine rings is 1. The van der Waals surface area contributed by atoms with Crippen LogP contribution in [0, 0.1) is 19.7 Å². The summed E-state index contributed by atoms with van der Waals surface area (Å²) in [7, 11) is 0. The number of aryl methyl sites for hydroxylation is 2. The second-order valence-electron chi connectivity index (χ2n) is 12.6. The molecule has 1 aromatic heterocycles. The van der Waals surface area contributed by atoms with Crippen molar-refractivity contribution in [3.8, 4) is 22.6 Å². The van der Waals surface area contributed by atoms with Crippen molar-refractivity contribution in [3.63, 3.8) is 0 Å². The number of alkyl halides is 4. The normalized spacial score (nSPS) is 18.1. The molecule has 262 valence electrons. The molecular formula is C36H31ClF5N3O5. The van der Waals surface area contributed by atoms with Crippen molar-refractivity contribution in [3.05, 3.63) is 115 Å². The van der Waals surface area contributed by atoms with E-state index < -0.39 is 59.7 Å². The highest BCUT2D eigenvalue weighted by molar-refractivity contribution is 6.31. The summed E-state index contributed by atoms with van der Waals surface area (Å²) in [5.41, 5.74) is -1.04. The first-order valence-electron chi connectivity index (χ1n) is 15.7. The number of aliphatic carboxylic acids is 1. The van der Waals surface area contributed by atoms with Gasteiger partial charge in [0.05, 0.1) is 18.0 Å². The van der Waals surface area contributed by atoms with E-state index in [-0.39, 0.29) is 59.1 Å². The number of benzene rings is 3. The number of ether oxygens (including phenoxy) is 1. The Labute approximate surface area is 288 Å². The summed E-state index contributed by atoms with van der Waals surface area (Å²) in [5.74, 6) is -2.71. The van der Waals surface area contributed by atoms with Crippen molar-refractivity contribution in [2.45, 2.75) is 51.1 Å². The van der Waals surface area contributed by atoms with Crippen molar-refractivity contribution >= 4 is 23.5 Å². The molecule has 2 aliphatic rings. The monoisotopic (exact) mass is 715 g/mol. The van der Waals surface area contributed by atoms with Gasteiger partial charge in [-0.3, -0.25) is 23.9 Å². The van der Waals surface area contributed by atoms with Crippen LogP contribution in [0.4, 0.5) is 22.0 Å². The third-order valence-electron chi connectivity index (χ3n) is 8.97. The molecule has 3 aromatic carbocycles. The molecule has 6 rings (SSSR count). The molecule has 4 bridgehead atoms. The van der Waals surface area contributed by atoms with E-state index in [1.807, 2.05) is 13.0 Å². The van der Waals surface area contributed by atoms with Gasteiger partial charge in [-0.1, -0.05) is 23.7 Å². The van der Waals surface area contributed by atoms with Gasteiger partial charge in [-0.2, -0.15) is 13.2 Å². The van der Waals surface area contributed by atoms with Gasteiger partial charge in [-0.15, -0.1) is 0 Å². The lowest BCUT2D eigenvalue weighted by Crippen LogP contribution is -2.49. The molecule has 50 heavy (non-hydrogen) atoms. The van der Waals surface area contributed by atoms with E-state index in [0.717, 1.165) is 16.3 Å².